The number of carboxylic acids is 1. The van der Waals surface area contributed by atoms with Crippen molar-refractivity contribution in [3.8, 4) is 0 Å². The second-order valence-corrected chi connectivity index (χ2v) is 3.72. The van der Waals surface area contributed by atoms with Gasteiger partial charge in [0.2, 0.25) is 5.54 Å². The van der Waals surface area contributed by atoms with Crippen LogP contribution in [0.1, 0.15) is 5.56 Å². The predicted octanol–water partition coefficient (Wildman–Crippen LogP) is -2.77. The standard InChI is InChI=1S/C10H13NO2S.ClH/c11-10(7-14,9(12)13)6-8-4-2-1-3-5-8;/h1-5,14H,6-7,11H2,(H,12,13);1H. The summed E-state index contributed by atoms with van der Waals surface area (Å²) in [6, 6.07) is 9.46. The molecular weight excluding hydrogens is 234 g/mol. The summed E-state index contributed by atoms with van der Waals surface area (Å²) in [4.78, 5) is 10.9. The Morgan fingerprint density at radius 2 is 1.93 bits per heavy atom. The third-order valence-corrected chi connectivity index (χ3v) is 2.75. The van der Waals surface area contributed by atoms with Crippen LogP contribution in [0.5, 0.6) is 0 Å². The minimum absolute atomic E-state index is 0. The summed E-state index contributed by atoms with van der Waals surface area (Å²) in [5.74, 6) is -0.673. The highest BCUT2D eigenvalue weighted by molar-refractivity contribution is 7.80. The molecule has 3 nitrogen and oxygen atoms in total. The third-order valence-electron chi connectivity index (χ3n) is 2.14. The number of rotatable bonds is 4. The number of hydrogen-bond acceptors (Lipinski definition) is 2. The predicted molar refractivity (Wildman–Crippen MR) is 57.3 cm³/mol. The summed E-state index contributed by atoms with van der Waals surface area (Å²) < 4.78 is 0. The van der Waals surface area contributed by atoms with Gasteiger partial charge < -0.3 is 23.2 Å². The molecule has 15 heavy (non-hydrogen) atoms. The fourth-order valence-electron chi connectivity index (χ4n) is 1.19. The van der Waals surface area contributed by atoms with Gasteiger partial charge in [0.05, 0.1) is 5.75 Å². The molecule has 0 amide bonds. The van der Waals surface area contributed by atoms with E-state index in [2.05, 4.69) is 18.4 Å². The molecule has 4 N–H and O–H groups in total. The van der Waals surface area contributed by atoms with Crippen molar-refractivity contribution >= 4 is 18.6 Å². The van der Waals surface area contributed by atoms with Crippen LogP contribution >= 0.6 is 12.6 Å². The second-order valence-electron chi connectivity index (χ2n) is 3.41. The maximum atomic E-state index is 10.9. The van der Waals surface area contributed by atoms with Gasteiger partial charge in [-0.15, -0.1) is 0 Å². The van der Waals surface area contributed by atoms with Gasteiger partial charge in [0, 0.05) is 6.42 Å². The average Bonchev–Trinajstić information content (AvgIpc) is 2.19. The number of benzene rings is 1. The van der Waals surface area contributed by atoms with Crippen LogP contribution in [0, 0.1) is 0 Å². The van der Waals surface area contributed by atoms with Crippen LogP contribution in [0.2, 0.25) is 0 Å². The lowest BCUT2D eigenvalue weighted by Crippen LogP contribution is -3.00. The molecule has 1 rings (SSSR count). The molecule has 0 heterocycles. The summed E-state index contributed by atoms with van der Waals surface area (Å²) in [5, 5.41) is 8.98. The minimum Gasteiger partial charge on any atom is -1.00 e. The second kappa shape index (κ2) is 6.00. The Morgan fingerprint density at radius 1 is 1.40 bits per heavy atom. The maximum Gasteiger partial charge on any atom is 0.366 e. The number of hydrogen-bond donors (Lipinski definition) is 3. The fraction of sp³-hybridized carbons (Fsp3) is 0.300. The molecule has 5 heteroatoms. The van der Waals surface area contributed by atoms with Gasteiger partial charge in [0.25, 0.3) is 0 Å². The Balaban J connectivity index is 0.00000196. The van der Waals surface area contributed by atoms with Gasteiger partial charge in [-0.05, 0) is 5.56 Å². The molecule has 0 bridgehead atoms. The van der Waals surface area contributed by atoms with E-state index in [-0.39, 0.29) is 18.2 Å². The van der Waals surface area contributed by atoms with E-state index < -0.39 is 11.5 Å². The SMILES string of the molecule is [Cl-].[NH3+]C(CS)(Cc1ccccc1)C(=O)O. The lowest BCUT2D eigenvalue weighted by Gasteiger charge is -2.18. The van der Waals surface area contributed by atoms with Gasteiger partial charge in [-0.25, -0.2) is 4.79 Å². The molecule has 1 aromatic carbocycles. The summed E-state index contributed by atoms with van der Waals surface area (Å²) >= 11 is 4.03. The monoisotopic (exact) mass is 247 g/mol. The number of thiol groups is 1. The van der Waals surface area contributed by atoms with Gasteiger partial charge in [0.15, 0.2) is 0 Å². The zero-order valence-corrected chi connectivity index (χ0v) is 9.84. The van der Waals surface area contributed by atoms with Crippen molar-refractivity contribution in [2.24, 2.45) is 0 Å². The molecule has 1 aromatic rings. The van der Waals surface area contributed by atoms with E-state index in [1.165, 1.54) is 0 Å². The number of aliphatic carboxylic acids is 1. The van der Waals surface area contributed by atoms with E-state index in [1.807, 2.05) is 30.3 Å². The molecule has 0 radical (unpaired) electrons. The molecule has 0 spiro atoms. The Kier molecular flexibility index (Phi) is 5.72. The zero-order valence-electron chi connectivity index (χ0n) is 8.19. The molecule has 0 aliphatic rings. The summed E-state index contributed by atoms with van der Waals surface area (Å²) in [5.41, 5.74) is 3.65. The molecular formula is C10H14ClNO2S. The fourth-order valence-corrected chi connectivity index (χ4v) is 1.43. The van der Waals surface area contributed by atoms with E-state index in [4.69, 9.17) is 5.11 Å². The molecule has 0 aromatic heterocycles. The first-order valence-corrected chi connectivity index (χ1v) is 4.95. The van der Waals surface area contributed by atoms with Crippen LogP contribution in [0.4, 0.5) is 0 Å². The highest BCUT2D eigenvalue weighted by atomic mass is 35.5. The molecule has 0 aliphatic heterocycles. The van der Waals surface area contributed by atoms with Gasteiger partial charge in [-0.2, -0.15) is 12.6 Å². The first-order valence-electron chi connectivity index (χ1n) is 4.32. The smallest absolute Gasteiger partial charge is 0.366 e. The number of quaternary nitrogens is 1. The van der Waals surface area contributed by atoms with Gasteiger partial charge in [0.1, 0.15) is 0 Å². The van der Waals surface area contributed by atoms with Crippen LogP contribution < -0.4 is 18.1 Å². The van der Waals surface area contributed by atoms with E-state index in [0.29, 0.717) is 6.42 Å². The molecule has 0 fully saturated rings. The van der Waals surface area contributed by atoms with E-state index >= 15 is 0 Å². The highest BCUT2D eigenvalue weighted by Gasteiger charge is 2.37. The van der Waals surface area contributed by atoms with Crippen LogP contribution in [-0.4, -0.2) is 22.4 Å². The molecule has 0 saturated carbocycles. The highest BCUT2D eigenvalue weighted by Crippen LogP contribution is 2.11. The lowest BCUT2D eigenvalue weighted by molar-refractivity contribution is -0.453. The van der Waals surface area contributed by atoms with Crippen molar-refractivity contribution in [2.75, 3.05) is 5.75 Å². The molecule has 0 saturated heterocycles. The Bertz CT molecular complexity index is 320. The Labute approximate surface area is 100 Å². The van der Waals surface area contributed by atoms with Gasteiger partial charge in [-0.1, -0.05) is 30.3 Å². The van der Waals surface area contributed by atoms with Crippen molar-refractivity contribution in [2.45, 2.75) is 12.0 Å². The topological polar surface area (TPSA) is 64.9 Å². The van der Waals surface area contributed by atoms with Crippen molar-refractivity contribution in [1.82, 2.24) is 0 Å². The largest absolute Gasteiger partial charge is 1.00 e. The Hall–Kier alpha value is -0.710. The van der Waals surface area contributed by atoms with E-state index in [0.717, 1.165) is 5.56 Å². The number of carboxylic acid groups (broad SMARTS) is 1. The molecule has 0 aliphatic carbocycles. The van der Waals surface area contributed by atoms with Crippen molar-refractivity contribution < 1.29 is 28.0 Å². The quantitative estimate of drug-likeness (QED) is 0.505. The number of carbonyl (C=O) groups is 1. The van der Waals surface area contributed by atoms with E-state index in [9.17, 15) is 4.79 Å². The van der Waals surface area contributed by atoms with Crippen LogP contribution in [0.3, 0.4) is 0 Å². The van der Waals surface area contributed by atoms with Crippen LogP contribution in [-0.2, 0) is 11.2 Å². The van der Waals surface area contributed by atoms with E-state index in [1.54, 1.807) is 0 Å². The van der Waals surface area contributed by atoms with Crippen LogP contribution in [0.25, 0.3) is 0 Å². The Morgan fingerprint density at radius 3 is 2.33 bits per heavy atom. The van der Waals surface area contributed by atoms with Gasteiger partial charge in [-0.3, -0.25) is 0 Å². The summed E-state index contributed by atoms with van der Waals surface area (Å²) in [6.07, 6.45) is 0.409. The first kappa shape index (κ1) is 14.3. The molecule has 1 atom stereocenters. The maximum absolute atomic E-state index is 10.9. The summed E-state index contributed by atoms with van der Waals surface area (Å²) in [7, 11) is 0. The minimum atomic E-state index is -1.02. The van der Waals surface area contributed by atoms with Crippen molar-refractivity contribution in [3.63, 3.8) is 0 Å². The molecule has 84 valence electrons. The van der Waals surface area contributed by atoms with Crippen LogP contribution in [0.15, 0.2) is 30.3 Å². The summed E-state index contributed by atoms with van der Waals surface area (Å²) in [6.45, 7) is 0. The number of halogens is 1. The zero-order chi connectivity index (χ0) is 10.6. The lowest BCUT2D eigenvalue weighted by atomic mass is 9.94. The third kappa shape index (κ3) is 3.74. The first-order chi connectivity index (χ1) is 6.58. The van der Waals surface area contributed by atoms with Crippen molar-refractivity contribution in [1.29, 1.82) is 0 Å². The normalized spacial score (nSPS) is 13.7. The van der Waals surface area contributed by atoms with Crippen molar-refractivity contribution in [3.05, 3.63) is 35.9 Å². The molecule has 1 unspecified atom stereocenters. The van der Waals surface area contributed by atoms with Gasteiger partial charge >= 0.3 is 5.97 Å². The average molecular weight is 248 g/mol.